The summed E-state index contributed by atoms with van der Waals surface area (Å²) in [7, 11) is -2.13. The second kappa shape index (κ2) is 5.32. The molecule has 1 aromatic heterocycles. The average Bonchev–Trinajstić information content (AvgIpc) is 2.99. The van der Waals surface area contributed by atoms with Gasteiger partial charge in [-0.1, -0.05) is 12.8 Å². The van der Waals surface area contributed by atoms with E-state index in [4.69, 9.17) is 0 Å². The van der Waals surface area contributed by atoms with Gasteiger partial charge in [0.2, 0.25) is 20.9 Å². The van der Waals surface area contributed by atoms with Gasteiger partial charge in [0.25, 0.3) is 0 Å². The summed E-state index contributed by atoms with van der Waals surface area (Å²) < 4.78 is 26.0. The zero-order valence-electron chi connectivity index (χ0n) is 11.2. The smallest absolute Gasteiger partial charge is 0.238 e. The first kappa shape index (κ1) is 14.0. The summed E-state index contributed by atoms with van der Waals surface area (Å²) in [5.41, 5.74) is 0. The molecule has 1 aliphatic carbocycles. The minimum absolute atomic E-state index is 0.0680. The van der Waals surface area contributed by atoms with Gasteiger partial charge in [-0.2, -0.15) is 0 Å². The van der Waals surface area contributed by atoms with Crippen LogP contribution in [0.15, 0.2) is 17.6 Å². The highest BCUT2D eigenvalue weighted by Gasteiger charge is 2.34. The standard InChI is InChI=1S/C12H19N3O3S/c1-9(11(16)14-10-5-3-4-6-10)19(17,18)12-13-7-8-15(12)2/h7-10H,3-6H2,1-2H3,(H,14,16). The summed E-state index contributed by atoms with van der Waals surface area (Å²) in [5, 5.41) is 1.63. The van der Waals surface area contributed by atoms with Gasteiger partial charge >= 0.3 is 0 Å². The van der Waals surface area contributed by atoms with Gasteiger partial charge < -0.3 is 9.88 Å². The van der Waals surface area contributed by atoms with Gasteiger partial charge in [-0.15, -0.1) is 0 Å². The maximum Gasteiger partial charge on any atom is 0.238 e. The molecule has 19 heavy (non-hydrogen) atoms. The zero-order valence-corrected chi connectivity index (χ0v) is 12.0. The molecule has 106 valence electrons. The van der Waals surface area contributed by atoms with E-state index in [2.05, 4.69) is 10.3 Å². The third-order valence-corrected chi connectivity index (χ3v) is 5.62. The largest absolute Gasteiger partial charge is 0.352 e. The van der Waals surface area contributed by atoms with E-state index >= 15 is 0 Å². The minimum atomic E-state index is -3.73. The minimum Gasteiger partial charge on any atom is -0.352 e. The van der Waals surface area contributed by atoms with E-state index < -0.39 is 21.0 Å². The normalized spacial score (nSPS) is 18.4. The Labute approximate surface area is 113 Å². The van der Waals surface area contributed by atoms with Gasteiger partial charge in [0, 0.05) is 25.5 Å². The number of carbonyl (C=O) groups excluding carboxylic acids is 1. The molecule has 6 nitrogen and oxygen atoms in total. The van der Waals surface area contributed by atoms with E-state index in [1.807, 2.05) is 0 Å². The first-order chi connectivity index (χ1) is 8.93. The highest BCUT2D eigenvalue weighted by molar-refractivity contribution is 7.92. The van der Waals surface area contributed by atoms with Crippen LogP contribution in [0, 0.1) is 0 Å². The summed E-state index contributed by atoms with van der Waals surface area (Å²) in [4.78, 5) is 15.8. The lowest BCUT2D eigenvalue weighted by atomic mass is 10.2. The highest BCUT2D eigenvalue weighted by atomic mass is 32.2. The Morgan fingerprint density at radius 1 is 1.47 bits per heavy atom. The van der Waals surface area contributed by atoms with Gasteiger partial charge in [0.05, 0.1) is 0 Å². The Morgan fingerprint density at radius 3 is 2.63 bits per heavy atom. The molecule has 0 aromatic carbocycles. The molecule has 0 saturated heterocycles. The Bertz CT molecular complexity index is 559. The van der Waals surface area contributed by atoms with E-state index in [9.17, 15) is 13.2 Å². The van der Waals surface area contributed by atoms with Crippen LogP contribution in [0.3, 0.4) is 0 Å². The van der Waals surface area contributed by atoms with Gasteiger partial charge in [0.1, 0.15) is 5.25 Å². The summed E-state index contributed by atoms with van der Waals surface area (Å²) in [6.45, 7) is 1.41. The quantitative estimate of drug-likeness (QED) is 0.880. The number of sulfone groups is 1. The predicted molar refractivity (Wildman–Crippen MR) is 70.3 cm³/mol. The van der Waals surface area contributed by atoms with Crippen molar-refractivity contribution >= 4 is 15.7 Å². The van der Waals surface area contributed by atoms with E-state index in [0.29, 0.717) is 0 Å². The molecule has 1 unspecified atom stereocenters. The average molecular weight is 285 g/mol. The Balaban J connectivity index is 2.12. The van der Waals surface area contributed by atoms with Crippen molar-refractivity contribution in [1.82, 2.24) is 14.9 Å². The lowest BCUT2D eigenvalue weighted by molar-refractivity contribution is -0.121. The summed E-state index contributed by atoms with van der Waals surface area (Å²) >= 11 is 0. The molecule has 1 atom stereocenters. The third-order valence-electron chi connectivity index (χ3n) is 3.57. The lowest BCUT2D eigenvalue weighted by Crippen LogP contribution is -2.42. The van der Waals surface area contributed by atoms with Crippen LogP contribution >= 0.6 is 0 Å². The molecule has 2 rings (SSSR count). The van der Waals surface area contributed by atoms with Crippen LogP contribution < -0.4 is 5.32 Å². The number of carbonyl (C=O) groups is 1. The van der Waals surface area contributed by atoms with Crippen molar-refractivity contribution in [1.29, 1.82) is 0 Å². The number of aromatic nitrogens is 2. The molecule has 1 amide bonds. The molecule has 1 N–H and O–H groups in total. The Kier molecular flexibility index (Phi) is 3.93. The molecule has 0 bridgehead atoms. The lowest BCUT2D eigenvalue weighted by Gasteiger charge is -2.16. The molecule has 1 aromatic rings. The number of imidazole rings is 1. The molecular formula is C12H19N3O3S. The Hall–Kier alpha value is -1.37. The third kappa shape index (κ3) is 2.80. The van der Waals surface area contributed by atoms with E-state index in [-0.39, 0.29) is 11.2 Å². The molecule has 7 heteroatoms. The van der Waals surface area contributed by atoms with Gasteiger partial charge in [-0.3, -0.25) is 4.79 Å². The number of amides is 1. The molecule has 0 aliphatic heterocycles. The van der Waals surface area contributed by atoms with Crippen LogP contribution in [0.25, 0.3) is 0 Å². The highest BCUT2D eigenvalue weighted by Crippen LogP contribution is 2.19. The first-order valence-corrected chi connectivity index (χ1v) is 7.99. The van der Waals surface area contributed by atoms with Gasteiger partial charge in [-0.25, -0.2) is 13.4 Å². The van der Waals surface area contributed by atoms with Crippen molar-refractivity contribution in [2.24, 2.45) is 7.05 Å². The van der Waals surface area contributed by atoms with Crippen LogP contribution in [0.2, 0.25) is 0 Å². The number of rotatable bonds is 4. The van der Waals surface area contributed by atoms with Crippen LogP contribution in [0.5, 0.6) is 0 Å². The number of nitrogens with zero attached hydrogens (tertiary/aromatic N) is 2. The van der Waals surface area contributed by atoms with Crippen molar-refractivity contribution in [3.63, 3.8) is 0 Å². The van der Waals surface area contributed by atoms with Crippen LogP contribution in [-0.2, 0) is 21.7 Å². The van der Waals surface area contributed by atoms with Gasteiger partial charge in [-0.05, 0) is 19.8 Å². The fourth-order valence-corrected chi connectivity index (χ4v) is 3.65. The molecule has 1 saturated carbocycles. The number of aryl methyl sites for hydroxylation is 1. The topological polar surface area (TPSA) is 81.1 Å². The van der Waals surface area contributed by atoms with E-state index in [0.717, 1.165) is 25.7 Å². The van der Waals surface area contributed by atoms with Crippen molar-refractivity contribution in [3.8, 4) is 0 Å². The van der Waals surface area contributed by atoms with Crippen LogP contribution in [-0.4, -0.2) is 35.2 Å². The van der Waals surface area contributed by atoms with Gasteiger partial charge in [0.15, 0.2) is 0 Å². The fourth-order valence-electron chi connectivity index (χ4n) is 2.31. The second-order valence-electron chi connectivity index (χ2n) is 5.00. The summed E-state index contributed by atoms with van der Waals surface area (Å²) in [5.74, 6) is -0.435. The predicted octanol–water partition coefficient (Wildman–Crippen LogP) is 0.641. The first-order valence-electron chi connectivity index (χ1n) is 6.44. The Morgan fingerprint density at radius 2 is 2.11 bits per heavy atom. The van der Waals surface area contributed by atoms with E-state index in [1.54, 1.807) is 13.2 Å². The summed E-state index contributed by atoms with van der Waals surface area (Å²) in [6, 6.07) is 0.117. The molecule has 1 heterocycles. The monoisotopic (exact) mass is 285 g/mol. The van der Waals surface area contributed by atoms with Crippen molar-refractivity contribution in [2.75, 3.05) is 0 Å². The zero-order chi connectivity index (χ0) is 14.0. The fraction of sp³-hybridized carbons (Fsp3) is 0.667. The maximum atomic E-state index is 12.3. The van der Waals surface area contributed by atoms with Crippen molar-refractivity contribution in [2.45, 2.75) is 49.1 Å². The number of nitrogens with one attached hydrogen (secondary N) is 1. The molecular weight excluding hydrogens is 266 g/mol. The van der Waals surface area contributed by atoms with Crippen molar-refractivity contribution in [3.05, 3.63) is 12.4 Å². The number of hydrogen-bond donors (Lipinski definition) is 1. The second-order valence-corrected chi connectivity index (χ2v) is 7.16. The van der Waals surface area contributed by atoms with Crippen LogP contribution in [0.1, 0.15) is 32.6 Å². The molecule has 0 radical (unpaired) electrons. The molecule has 1 aliphatic rings. The van der Waals surface area contributed by atoms with Crippen LogP contribution in [0.4, 0.5) is 0 Å². The maximum absolute atomic E-state index is 12.3. The van der Waals surface area contributed by atoms with Crippen molar-refractivity contribution < 1.29 is 13.2 Å². The SMILES string of the molecule is CC(C(=O)NC1CCCC1)S(=O)(=O)c1nccn1C. The molecule has 1 fully saturated rings. The van der Waals surface area contributed by atoms with E-state index in [1.165, 1.54) is 17.7 Å². The molecule has 0 spiro atoms. The number of hydrogen-bond acceptors (Lipinski definition) is 4. The summed E-state index contributed by atoms with van der Waals surface area (Å²) in [6.07, 6.45) is 7.00.